The number of benzene rings is 5. The van der Waals surface area contributed by atoms with E-state index >= 15 is 0 Å². The normalized spacial score (nSPS) is 19.0. The number of aliphatic hydroxyl groups is 1. The summed E-state index contributed by atoms with van der Waals surface area (Å²) in [6, 6.07) is 42.7. The molecule has 1 aliphatic rings. The number of hydrogen-bond acceptors (Lipinski definition) is 7. The Morgan fingerprint density at radius 1 is 0.769 bits per heavy atom. The summed E-state index contributed by atoms with van der Waals surface area (Å²) in [6.45, 7) is 2.45. The molecule has 0 radical (unpaired) electrons. The molecule has 5 atom stereocenters. The highest BCUT2D eigenvalue weighted by Crippen LogP contribution is 2.43. The van der Waals surface area contributed by atoms with Gasteiger partial charge in [0, 0.05) is 35.1 Å². The lowest BCUT2D eigenvalue weighted by Crippen LogP contribution is -2.47. The second-order valence-corrected chi connectivity index (χ2v) is 14.0. The van der Waals surface area contributed by atoms with Crippen molar-refractivity contribution in [2.24, 2.45) is 5.92 Å². The minimum atomic E-state index is -0.808. The number of esters is 1. The van der Waals surface area contributed by atoms with Crippen molar-refractivity contribution in [3.05, 3.63) is 161 Å². The summed E-state index contributed by atoms with van der Waals surface area (Å²) in [7, 11) is 1.31. The number of aliphatic hydroxyl groups excluding tert-OH is 1. The van der Waals surface area contributed by atoms with Crippen LogP contribution in [0.2, 0.25) is 0 Å². The van der Waals surface area contributed by atoms with Gasteiger partial charge in [0.1, 0.15) is 6.04 Å². The van der Waals surface area contributed by atoms with Crippen LogP contribution in [0.5, 0.6) is 0 Å². The molecule has 0 aromatic heterocycles. The molecule has 0 unspecified atom stereocenters. The number of urea groups is 1. The maximum Gasteiger partial charge on any atom is 0.328 e. The molecule has 1 saturated heterocycles. The van der Waals surface area contributed by atoms with Crippen molar-refractivity contribution < 1.29 is 28.9 Å². The molecular weight excluding hydrogens is 673 g/mol. The van der Waals surface area contributed by atoms with E-state index < -0.39 is 24.3 Å². The van der Waals surface area contributed by atoms with Crippen molar-refractivity contribution in [3.8, 4) is 11.1 Å². The number of amides is 2. The van der Waals surface area contributed by atoms with Crippen LogP contribution in [0.1, 0.15) is 47.1 Å². The zero-order valence-electron chi connectivity index (χ0n) is 29.3. The topological polar surface area (TPSA) is 106 Å². The van der Waals surface area contributed by atoms with Gasteiger partial charge in [0.2, 0.25) is 0 Å². The smallest absolute Gasteiger partial charge is 0.328 e. The zero-order chi connectivity index (χ0) is 36.3. The Balaban J connectivity index is 1.12. The van der Waals surface area contributed by atoms with Gasteiger partial charge in [0.25, 0.3) is 0 Å². The summed E-state index contributed by atoms with van der Waals surface area (Å²) in [4.78, 5) is 26.4. The Kier molecular flexibility index (Phi) is 12.8. The number of methoxy groups -OCH3 is 1. The zero-order valence-corrected chi connectivity index (χ0v) is 30.1. The molecule has 0 bridgehead atoms. The van der Waals surface area contributed by atoms with Crippen LogP contribution in [-0.2, 0) is 38.6 Å². The Labute approximate surface area is 309 Å². The molecule has 1 fully saturated rings. The molecule has 8 nitrogen and oxygen atoms in total. The van der Waals surface area contributed by atoms with Gasteiger partial charge in [-0.25, -0.2) is 9.59 Å². The first-order valence-electron chi connectivity index (χ1n) is 17.4. The molecule has 1 aliphatic heterocycles. The summed E-state index contributed by atoms with van der Waals surface area (Å²) in [5.41, 5.74) is 6.69. The van der Waals surface area contributed by atoms with Crippen molar-refractivity contribution in [2.75, 3.05) is 12.9 Å². The van der Waals surface area contributed by atoms with Crippen LogP contribution in [0.4, 0.5) is 4.79 Å². The molecule has 3 N–H and O–H groups in total. The van der Waals surface area contributed by atoms with E-state index in [0.29, 0.717) is 6.42 Å². The van der Waals surface area contributed by atoms with Crippen LogP contribution < -0.4 is 10.6 Å². The first-order valence-corrected chi connectivity index (χ1v) is 18.4. The van der Waals surface area contributed by atoms with Crippen molar-refractivity contribution >= 4 is 23.8 Å². The Hall–Kier alpha value is -4.93. The summed E-state index contributed by atoms with van der Waals surface area (Å²) in [5, 5.41) is 15.2. The second kappa shape index (κ2) is 18.0. The van der Waals surface area contributed by atoms with Crippen LogP contribution in [0, 0.1) is 5.92 Å². The summed E-state index contributed by atoms with van der Waals surface area (Å²) in [5.74, 6) is 0.376. The van der Waals surface area contributed by atoms with Gasteiger partial charge in [-0.15, -0.1) is 11.8 Å². The number of thioether (sulfide) groups is 1. The van der Waals surface area contributed by atoms with Crippen molar-refractivity contribution in [1.29, 1.82) is 0 Å². The summed E-state index contributed by atoms with van der Waals surface area (Å²) >= 11 is 1.78. The van der Waals surface area contributed by atoms with E-state index in [4.69, 9.17) is 14.2 Å². The van der Waals surface area contributed by atoms with E-state index in [1.807, 2.05) is 109 Å². The maximum absolute atomic E-state index is 12.8. The minimum absolute atomic E-state index is 0.00279. The fourth-order valence-corrected chi connectivity index (χ4v) is 7.36. The average Bonchev–Trinajstić information content (AvgIpc) is 3.20. The van der Waals surface area contributed by atoms with Crippen LogP contribution in [-0.4, -0.2) is 42.1 Å². The molecule has 0 aliphatic carbocycles. The largest absolute Gasteiger partial charge is 0.467 e. The fraction of sp³-hybridized carbons (Fsp3) is 0.256. The fourth-order valence-electron chi connectivity index (χ4n) is 6.28. The molecule has 52 heavy (non-hydrogen) atoms. The molecule has 1 heterocycles. The standard InChI is InChI=1S/C43H44N2O6S/c1-29-39(28-52-37-14-7-4-8-15-37)50-42(51-40(29)34-18-16-31(27-46)17-19-34)35-22-20-33(21-23-35)36-13-9-12-32(24-36)26-44-43(48)45-38(41(47)49-2)25-30-10-5-3-6-11-30/h3-24,29,38-40,42,46H,25-28H2,1-2H3,(H2,44,45,48)/t29-,38-,39+,40+,42+/m0/s1. The average molecular weight is 717 g/mol. The first-order chi connectivity index (χ1) is 25.4. The van der Waals surface area contributed by atoms with E-state index in [-0.39, 0.29) is 31.3 Å². The van der Waals surface area contributed by atoms with Crippen LogP contribution >= 0.6 is 11.8 Å². The van der Waals surface area contributed by atoms with E-state index in [0.717, 1.165) is 44.7 Å². The number of carbonyl (C=O) groups is 2. The third kappa shape index (κ3) is 9.68. The predicted octanol–water partition coefficient (Wildman–Crippen LogP) is 8.01. The minimum Gasteiger partial charge on any atom is -0.467 e. The van der Waals surface area contributed by atoms with Gasteiger partial charge in [0.15, 0.2) is 6.29 Å². The number of nitrogens with one attached hydrogen (secondary N) is 2. The molecule has 0 spiro atoms. The Bertz CT molecular complexity index is 1890. The van der Waals surface area contributed by atoms with Gasteiger partial charge in [-0.3, -0.25) is 0 Å². The third-order valence-electron chi connectivity index (χ3n) is 9.25. The van der Waals surface area contributed by atoms with Gasteiger partial charge in [-0.2, -0.15) is 0 Å². The predicted molar refractivity (Wildman–Crippen MR) is 203 cm³/mol. The van der Waals surface area contributed by atoms with E-state index in [1.54, 1.807) is 11.8 Å². The number of carbonyl (C=O) groups excluding carboxylic acids is 2. The highest BCUT2D eigenvalue weighted by molar-refractivity contribution is 7.99. The highest BCUT2D eigenvalue weighted by Gasteiger charge is 2.38. The van der Waals surface area contributed by atoms with Crippen LogP contribution in [0.15, 0.2) is 138 Å². The molecule has 9 heteroatoms. The molecule has 268 valence electrons. The molecule has 2 amide bonds. The molecule has 6 rings (SSSR count). The highest BCUT2D eigenvalue weighted by atomic mass is 32.2. The van der Waals surface area contributed by atoms with Gasteiger partial charge >= 0.3 is 12.0 Å². The number of ether oxygens (including phenoxy) is 3. The van der Waals surface area contributed by atoms with Gasteiger partial charge < -0.3 is 30.0 Å². The van der Waals surface area contributed by atoms with Crippen LogP contribution in [0.3, 0.4) is 0 Å². The SMILES string of the molecule is COC(=O)[C@H](Cc1ccccc1)NC(=O)NCc1cccc(-c2ccc([C@@H]3O[C@H](CSc4ccccc4)[C@H](C)[C@H](c4ccc(CO)cc4)O3)cc2)c1. The number of rotatable bonds is 13. The van der Waals surface area contributed by atoms with Gasteiger partial charge in [-0.05, 0) is 51.6 Å². The van der Waals surface area contributed by atoms with Gasteiger partial charge in [0.05, 0.1) is 25.9 Å². The monoisotopic (exact) mass is 716 g/mol. The molecule has 5 aromatic carbocycles. The maximum atomic E-state index is 12.8. The summed E-state index contributed by atoms with van der Waals surface area (Å²) in [6.07, 6.45) is -0.475. The lowest BCUT2D eigenvalue weighted by molar-refractivity contribution is -0.268. The third-order valence-corrected chi connectivity index (χ3v) is 10.4. The van der Waals surface area contributed by atoms with E-state index in [9.17, 15) is 14.7 Å². The first kappa shape index (κ1) is 36.8. The Morgan fingerprint density at radius 2 is 1.44 bits per heavy atom. The lowest BCUT2D eigenvalue weighted by atomic mass is 9.91. The van der Waals surface area contributed by atoms with Crippen molar-refractivity contribution in [2.45, 2.75) is 55.9 Å². The van der Waals surface area contributed by atoms with Crippen molar-refractivity contribution in [1.82, 2.24) is 10.6 Å². The van der Waals surface area contributed by atoms with Gasteiger partial charge in [-0.1, -0.05) is 122 Å². The molecular formula is C43H44N2O6S. The second-order valence-electron chi connectivity index (χ2n) is 12.9. The van der Waals surface area contributed by atoms with E-state index in [1.165, 1.54) is 12.0 Å². The lowest BCUT2D eigenvalue weighted by Gasteiger charge is -2.41. The Morgan fingerprint density at radius 3 is 2.13 bits per heavy atom. The molecule has 0 saturated carbocycles. The molecule has 5 aromatic rings. The summed E-state index contributed by atoms with van der Waals surface area (Å²) < 4.78 is 18.2. The van der Waals surface area contributed by atoms with E-state index in [2.05, 4.69) is 41.8 Å². The van der Waals surface area contributed by atoms with Crippen LogP contribution in [0.25, 0.3) is 11.1 Å². The number of hydrogen-bond donors (Lipinski definition) is 3. The van der Waals surface area contributed by atoms with Crippen molar-refractivity contribution in [3.63, 3.8) is 0 Å². The quantitative estimate of drug-likeness (QED) is 0.0838.